The van der Waals surface area contributed by atoms with Crippen LogP contribution in [-0.4, -0.2) is 30.6 Å². The lowest BCUT2D eigenvalue weighted by molar-refractivity contribution is 0.0191. The maximum atomic E-state index is 5.77. The van der Waals surface area contributed by atoms with Crippen molar-refractivity contribution in [1.29, 1.82) is 0 Å². The van der Waals surface area contributed by atoms with E-state index in [1.54, 1.807) is 0 Å². The molecule has 2 rings (SSSR count). The van der Waals surface area contributed by atoms with Crippen molar-refractivity contribution in [3.05, 3.63) is 0 Å². The van der Waals surface area contributed by atoms with Crippen molar-refractivity contribution in [2.45, 2.75) is 39.2 Å². The highest BCUT2D eigenvalue weighted by atomic mass is 15.2. The molecule has 0 aromatic carbocycles. The minimum Gasteiger partial charge on any atom is -0.330 e. The number of nitrogens with two attached hydrogens (primary N) is 1. The van der Waals surface area contributed by atoms with Crippen molar-refractivity contribution in [1.82, 2.24) is 4.90 Å². The highest BCUT2D eigenvalue weighted by molar-refractivity contribution is 4.91. The summed E-state index contributed by atoms with van der Waals surface area (Å²) < 4.78 is 0. The number of piperidine rings is 1. The molecule has 2 N–H and O–H groups in total. The summed E-state index contributed by atoms with van der Waals surface area (Å²) in [5.41, 5.74) is 5.77. The van der Waals surface area contributed by atoms with Gasteiger partial charge < -0.3 is 5.73 Å². The van der Waals surface area contributed by atoms with Gasteiger partial charge in [-0.1, -0.05) is 13.8 Å². The van der Waals surface area contributed by atoms with Gasteiger partial charge >= 0.3 is 0 Å². The van der Waals surface area contributed by atoms with Gasteiger partial charge in [0.25, 0.3) is 0 Å². The van der Waals surface area contributed by atoms with Crippen LogP contribution >= 0.6 is 0 Å². The normalized spacial score (nSPS) is 44.8. The van der Waals surface area contributed by atoms with Crippen LogP contribution in [0.3, 0.4) is 0 Å². The molecule has 0 bridgehead atoms. The third-order valence-corrected chi connectivity index (χ3v) is 4.51. The second-order valence-corrected chi connectivity index (χ2v) is 5.38. The Kier molecular flexibility index (Phi) is 3.13. The molecular formula is C12H24N2. The summed E-state index contributed by atoms with van der Waals surface area (Å²) in [5.74, 6) is 2.60. The molecule has 2 heteroatoms. The first-order valence-electron chi connectivity index (χ1n) is 6.16. The van der Waals surface area contributed by atoms with Crippen LogP contribution in [0, 0.1) is 17.8 Å². The fraction of sp³-hybridized carbons (Fsp3) is 1.00. The van der Waals surface area contributed by atoms with Crippen molar-refractivity contribution in [3.8, 4) is 0 Å². The molecule has 0 amide bonds. The van der Waals surface area contributed by atoms with Gasteiger partial charge in [-0.2, -0.15) is 0 Å². The van der Waals surface area contributed by atoms with E-state index in [0.29, 0.717) is 0 Å². The highest BCUT2D eigenvalue weighted by Gasteiger charge is 2.36. The lowest BCUT2D eigenvalue weighted by Gasteiger charge is -2.48. The summed E-state index contributed by atoms with van der Waals surface area (Å²) in [5, 5.41) is 0. The maximum absolute atomic E-state index is 5.77. The van der Waals surface area contributed by atoms with E-state index in [1.165, 1.54) is 32.4 Å². The topological polar surface area (TPSA) is 29.3 Å². The Balaban J connectivity index is 1.87. The zero-order valence-corrected chi connectivity index (χ0v) is 9.58. The summed E-state index contributed by atoms with van der Waals surface area (Å²) in [6.07, 6.45) is 4.14. The molecular weight excluding hydrogens is 172 g/mol. The average Bonchev–Trinajstić information content (AvgIpc) is 2.10. The summed E-state index contributed by atoms with van der Waals surface area (Å²) in [6.45, 7) is 8.30. The largest absolute Gasteiger partial charge is 0.330 e. The first-order chi connectivity index (χ1) is 6.72. The van der Waals surface area contributed by atoms with Gasteiger partial charge in [0, 0.05) is 12.6 Å². The summed E-state index contributed by atoms with van der Waals surface area (Å²) in [7, 11) is 0. The van der Waals surface area contributed by atoms with Gasteiger partial charge in [0.1, 0.15) is 0 Å². The Hall–Kier alpha value is -0.0800. The zero-order chi connectivity index (χ0) is 10.1. The SMILES string of the molecule is CC1CCN(C2CCC2CN)CC1C. The molecule has 2 nitrogen and oxygen atoms in total. The molecule has 1 saturated heterocycles. The third-order valence-electron chi connectivity index (χ3n) is 4.51. The number of nitrogens with zero attached hydrogens (tertiary/aromatic N) is 1. The van der Waals surface area contributed by atoms with E-state index >= 15 is 0 Å². The maximum Gasteiger partial charge on any atom is 0.0136 e. The molecule has 4 atom stereocenters. The Morgan fingerprint density at radius 2 is 1.93 bits per heavy atom. The fourth-order valence-electron chi connectivity index (χ4n) is 2.90. The van der Waals surface area contributed by atoms with Gasteiger partial charge in [-0.15, -0.1) is 0 Å². The minimum atomic E-state index is 0.801. The molecule has 0 aromatic rings. The zero-order valence-electron chi connectivity index (χ0n) is 9.58. The molecule has 2 fully saturated rings. The Morgan fingerprint density at radius 1 is 1.14 bits per heavy atom. The van der Waals surface area contributed by atoms with Gasteiger partial charge in [-0.3, -0.25) is 4.90 Å². The van der Waals surface area contributed by atoms with E-state index < -0.39 is 0 Å². The first kappa shape index (κ1) is 10.4. The second kappa shape index (κ2) is 4.19. The Morgan fingerprint density at radius 3 is 2.43 bits per heavy atom. The van der Waals surface area contributed by atoms with Crippen molar-refractivity contribution in [2.24, 2.45) is 23.5 Å². The quantitative estimate of drug-likeness (QED) is 0.728. The van der Waals surface area contributed by atoms with Gasteiger partial charge in [0.15, 0.2) is 0 Å². The lowest BCUT2D eigenvalue weighted by atomic mass is 9.76. The van der Waals surface area contributed by atoms with Gasteiger partial charge in [-0.05, 0) is 50.1 Å². The number of hydrogen-bond donors (Lipinski definition) is 1. The van der Waals surface area contributed by atoms with Gasteiger partial charge in [0.05, 0.1) is 0 Å². The van der Waals surface area contributed by atoms with Crippen molar-refractivity contribution >= 4 is 0 Å². The first-order valence-corrected chi connectivity index (χ1v) is 6.16. The molecule has 2 aliphatic rings. The molecule has 1 saturated carbocycles. The monoisotopic (exact) mass is 196 g/mol. The molecule has 14 heavy (non-hydrogen) atoms. The summed E-state index contributed by atoms with van der Waals surface area (Å²) >= 11 is 0. The van der Waals surface area contributed by atoms with Crippen LogP contribution < -0.4 is 5.73 Å². The highest BCUT2D eigenvalue weighted by Crippen LogP contribution is 2.35. The van der Waals surface area contributed by atoms with E-state index in [1.807, 2.05) is 0 Å². The minimum absolute atomic E-state index is 0.801. The average molecular weight is 196 g/mol. The molecule has 0 aromatic heterocycles. The van der Waals surface area contributed by atoms with Crippen LogP contribution in [0.1, 0.15) is 33.1 Å². The fourth-order valence-corrected chi connectivity index (χ4v) is 2.90. The van der Waals surface area contributed by atoms with E-state index in [2.05, 4.69) is 18.7 Å². The third kappa shape index (κ3) is 1.82. The van der Waals surface area contributed by atoms with Crippen LogP contribution in [-0.2, 0) is 0 Å². The van der Waals surface area contributed by atoms with Gasteiger partial charge in [-0.25, -0.2) is 0 Å². The predicted octanol–water partition coefficient (Wildman–Crippen LogP) is 1.70. The van der Waals surface area contributed by atoms with Crippen molar-refractivity contribution in [2.75, 3.05) is 19.6 Å². The van der Waals surface area contributed by atoms with Gasteiger partial charge in [0.2, 0.25) is 0 Å². The van der Waals surface area contributed by atoms with E-state index in [4.69, 9.17) is 5.73 Å². The Bertz CT molecular complexity index is 191. The number of hydrogen-bond acceptors (Lipinski definition) is 2. The molecule has 82 valence electrons. The standard InChI is InChI=1S/C12H24N2/c1-9-5-6-14(8-10(9)2)12-4-3-11(12)7-13/h9-12H,3-8,13H2,1-2H3. The van der Waals surface area contributed by atoms with Crippen LogP contribution in [0.2, 0.25) is 0 Å². The second-order valence-electron chi connectivity index (χ2n) is 5.38. The van der Waals surface area contributed by atoms with Crippen molar-refractivity contribution in [3.63, 3.8) is 0 Å². The van der Waals surface area contributed by atoms with Crippen LogP contribution in [0.4, 0.5) is 0 Å². The van der Waals surface area contributed by atoms with Crippen LogP contribution in [0.5, 0.6) is 0 Å². The predicted molar refractivity (Wildman–Crippen MR) is 60.1 cm³/mol. The molecule has 1 aliphatic heterocycles. The molecule has 1 heterocycles. The van der Waals surface area contributed by atoms with E-state index in [9.17, 15) is 0 Å². The van der Waals surface area contributed by atoms with E-state index in [-0.39, 0.29) is 0 Å². The molecule has 0 spiro atoms. The number of rotatable bonds is 2. The molecule has 4 unspecified atom stereocenters. The summed E-state index contributed by atoms with van der Waals surface area (Å²) in [6, 6.07) is 0.829. The van der Waals surface area contributed by atoms with E-state index in [0.717, 1.165) is 30.3 Å². The Labute approximate surface area is 87.8 Å². The lowest BCUT2D eigenvalue weighted by Crippen LogP contribution is -2.53. The van der Waals surface area contributed by atoms with Crippen molar-refractivity contribution < 1.29 is 0 Å². The van der Waals surface area contributed by atoms with Crippen LogP contribution in [0.15, 0.2) is 0 Å². The number of likely N-dealkylation sites (tertiary alicyclic amines) is 1. The summed E-state index contributed by atoms with van der Waals surface area (Å²) in [4.78, 5) is 2.70. The molecule has 1 aliphatic carbocycles. The van der Waals surface area contributed by atoms with Crippen LogP contribution in [0.25, 0.3) is 0 Å². The molecule has 0 radical (unpaired) electrons. The smallest absolute Gasteiger partial charge is 0.0136 e.